The van der Waals surface area contributed by atoms with E-state index in [1.165, 1.54) is 18.5 Å². The lowest BCUT2D eigenvalue weighted by Crippen LogP contribution is -2.23. The number of benzene rings is 1. The normalized spacial score (nSPS) is 9.67. The molecule has 0 saturated carbocycles. The molecule has 0 heterocycles. The van der Waals surface area contributed by atoms with Gasteiger partial charge in [-0.3, -0.25) is 4.90 Å². The lowest BCUT2D eigenvalue weighted by Gasteiger charge is -2.19. The summed E-state index contributed by atoms with van der Waals surface area (Å²) in [6, 6.07) is 10.7. The zero-order chi connectivity index (χ0) is 11.5. The molecule has 1 rings (SSSR count). The van der Waals surface area contributed by atoms with Gasteiger partial charge in [-0.05, 0) is 25.1 Å². The fourth-order valence-electron chi connectivity index (χ4n) is 1.51. The van der Waals surface area contributed by atoms with Crippen LogP contribution < -0.4 is 0 Å². The van der Waals surface area contributed by atoms with Gasteiger partial charge in [-0.2, -0.15) is 0 Å². The Labute approximate surface area is 95.1 Å². The summed E-state index contributed by atoms with van der Waals surface area (Å²) >= 11 is 0. The van der Waals surface area contributed by atoms with Crippen LogP contribution in [0.15, 0.2) is 30.3 Å². The Morgan fingerprint density at radius 2 is 1.60 bits per heavy atom. The highest BCUT2D eigenvalue weighted by Gasteiger charge is 2.00. The van der Waals surface area contributed by atoms with Crippen LogP contribution in [0.4, 0.5) is 0 Å². The first-order valence-electron chi connectivity index (χ1n) is 6.13. The molecule has 1 nitrogen and oxygen atoms in total. The molecule has 0 aliphatic heterocycles. The zero-order valence-electron chi connectivity index (χ0n) is 10.7. The molecule has 0 spiro atoms. The van der Waals surface area contributed by atoms with E-state index in [1.54, 1.807) is 0 Å². The summed E-state index contributed by atoms with van der Waals surface area (Å²) in [7, 11) is 0. The van der Waals surface area contributed by atoms with Crippen molar-refractivity contribution in [3.63, 3.8) is 0 Å². The summed E-state index contributed by atoms with van der Waals surface area (Å²) in [4.78, 5) is 2.47. The molecule has 0 fully saturated rings. The van der Waals surface area contributed by atoms with Crippen molar-refractivity contribution in [3.05, 3.63) is 35.9 Å². The fourth-order valence-corrected chi connectivity index (χ4v) is 1.51. The second-order valence-electron chi connectivity index (χ2n) is 3.35. The second kappa shape index (κ2) is 9.72. The van der Waals surface area contributed by atoms with Gasteiger partial charge >= 0.3 is 0 Å². The van der Waals surface area contributed by atoms with E-state index in [-0.39, 0.29) is 0 Å². The Kier molecular flexibility index (Phi) is 9.19. The van der Waals surface area contributed by atoms with E-state index >= 15 is 0 Å². The monoisotopic (exact) mass is 207 g/mol. The summed E-state index contributed by atoms with van der Waals surface area (Å²) in [5, 5.41) is 0. The van der Waals surface area contributed by atoms with Crippen LogP contribution in [-0.2, 0) is 6.54 Å². The van der Waals surface area contributed by atoms with Gasteiger partial charge in [0.05, 0.1) is 0 Å². The third-order valence-corrected chi connectivity index (χ3v) is 2.24. The van der Waals surface area contributed by atoms with Crippen molar-refractivity contribution in [3.8, 4) is 0 Å². The van der Waals surface area contributed by atoms with E-state index in [1.807, 2.05) is 13.8 Å². The molecule has 0 atom stereocenters. The molecule has 0 bridgehead atoms. The van der Waals surface area contributed by atoms with Crippen LogP contribution in [0.2, 0.25) is 0 Å². The Hall–Kier alpha value is -0.820. The van der Waals surface area contributed by atoms with Crippen LogP contribution in [0, 0.1) is 0 Å². The van der Waals surface area contributed by atoms with Gasteiger partial charge in [0.2, 0.25) is 0 Å². The first kappa shape index (κ1) is 14.2. The maximum Gasteiger partial charge on any atom is 0.0233 e. The molecule has 0 aromatic heterocycles. The van der Waals surface area contributed by atoms with Gasteiger partial charge in [-0.25, -0.2) is 0 Å². The Balaban J connectivity index is 0.000000921. The minimum Gasteiger partial charge on any atom is -0.299 e. The van der Waals surface area contributed by atoms with Crippen LogP contribution in [0.25, 0.3) is 0 Å². The highest BCUT2D eigenvalue weighted by atomic mass is 15.1. The van der Waals surface area contributed by atoms with Crippen molar-refractivity contribution in [2.24, 2.45) is 0 Å². The first-order chi connectivity index (χ1) is 7.36. The minimum absolute atomic E-state index is 1.09. The van der Waals surface area contributed by atoms with Crippen molar-refractivity contribution >= 4 is 0 Å². The quantitative estimate of drug-likeness (QED) is 0.707. The highest BCUT2D eigenvalue weighted by molar-refractivity contribution is 5.14. The van der Waals surface area contributed by atoms with Crippen LogP contribution >= 0.6 is 0 Å². The molecule has 1 aromatic rings. The maximum absolute atomic E-state index is 2.47. The predicted molar refractivity (Wildman–Crippen MR) is 69.0 cm³/mol. The molecule has 0 unspecified atom stereocenters. The summed E-state index contributed by atoms with van der Waals surface area (Å²) in [6.07, 6.45) is 1.24. The molecular weight excluding hydrogens is 182 g/mol. The first-order valence-corrected chi connectivity index (χ1v) is 6.13. The van der Waals surface area contributed by atoms with Gasteiger partial charge in [0, 0.05) is 6.54 Å². The summed E-state index contributed by atoms with van der Waals surface area (Å²) in [6.45, 7) is 11.9. The second-order valence-corrected chi connectivity index (χ2v) is 3.35. The van der Waals surface area contributed by atoms with Crippen LogP contribution in [0.3, 0.4) is 0 Å². The van der Waals surface area contributed by atoms with Crippen molar-refractivity contribution < 1.29 is 0 Å². The predicted octanol–water partition coefficient (Wildman–Crippen LogP) is 3.94. The smallest absolute Gasteiger partial charge is 0.0233 e. The Bertz CT molecular complexity index is 218. The number of rotatable bonds is 5. The van der Waals surface area contributed by atoms with Gasteiger partial charge in [0.1, 0.15) is 0 Å². The van der Waals surface area contributed by atoms with E-state index in [9.17, 15) is 0 Å². The maximum atomic E-state index is 2.47. The number of hydrogen-bond donors (Lipinski definition) is 0. The molecule has 0 radical (unpaired) electrons. The zero-order valence-corrected chi connectivity index (χ0v) is 10.7. The molecule has 15 heavy (non-hydrogen) atoms. The minimum atomic E-state index is 1.09. The SMILES string of the molecule is CC.CCCN(CC)Cc1ccccc1. The van der Waals surface area contributed by atoms with E-state index in [2.05, 4.69) is 49.1 Å². The Morgan fingerprint density at radius 1 is 1.00 bits per heavy atom. The van der Waals surface area contributed by atoms with Gasteiger partial charge in [0.15, 0.2) is 0 Å². The van der Waals surface area contributed by atoms with Gasteiger partial charge in [-0.15, -0.1) is 0 Å². The van der Waals surface area contributed by atoms with E-state index in [0.717, 1.165) is 13.1 Å². The van der Waals surface area contributed by atoms with Crippen molar-refractivity contribution in [2.45, 2.75) is 40.7 Å². The molecule has 1 aromatic carbocycles. The third-order valence-electron chi connectivity index (χ3n) is 2.24. The van der Waals surface area contributed by atoms with E-state index < -0.39 is 0 Å². The lowest BCUT2D eigenvalue weighted by molar-refractivity contribution is 0.280. The Morgan fingerprint density at radius 3 is 2.07 bits per heavy atom. The molecule has 0 aliphatic rings. The van der Waals surface area contributed by atoms with Crippen molar-refractivity contribution in [1.29, 1.82) is 0 Å². The van der Waals surface area contributed by atoms with E-state index in [0.29, 0.717) is 0 Å². The molecule has 0 saturated heterocycles. The average molecular weight is 207 g/mol. The van der Waals surface area contributed by atoms with Gasteiger partial charge in [-0.1, -0.05) is 58.0 Å². The van der Waals surface area contributed by atoms with Crippen LogP contribution in [0.1, 0.15) is 39.7 Å². The molecule has 86 valence electrons. The van der Waals surface area contributed by atoms with Gasteiger partial charge in [0.25, 0.3) is 0 Å². The number of hydrogen-bond acceptors (Lipinski definition) is 1. The molecule has 0 amide bonds. The van der Waals surface area contributed by atoms with Crippen molar-refractivity contribution in [2.75, 3.05) is 13.1 Å². The van der Waals surface area contributed by atoms with Crippen molar-refractivity contribution in [1.82, 2.24) is 4.90 Å². The number of nitrogens with zero attached hydrogens (tertiary/aromatic N) is 1. The largest absolute Gasteiger partial charge is 0.299 e. The molecular formula is C14H25N. The van der Waals surface area contributed by atoms with Crippen LogP contribution in [0.5, 0.6) is 0 Å². The molecule has 0 aliphatic carbocycles. The average Bonchev–Trinajstić information content (AvgIpc) is 2.32. The standard InChI is InChI=1S/C12H19N.C2H6/c1-3-10-13(4-2)11-12-8-6-5-7-9-12;1-2/h5-9H,3-4,10-11H2,1-2H3;1-2H3. The summed E-state index contributed by atoms with van der Waals surface area (Å²) in [5.74, 6) is 0. The molecule has 1 heteroatoms. The lowest BCUT2D eigenvalue weighted by atomic mass is 10.2. The highest BCUT2D eigenvalue weighted by Crippen LogP contribution is 2.04. The fraction of sp³-hybridized carbons (Fsp3) is 0.571. The van der Waals surface area contributed by atoms with E-state index in [4.69, 9.17) is 0 Å². The summed E-state index contributed by atoms with van der Waals surface area (Å²) in [5.41, 5.74) is 1.41. The third kappa shape index (κ3) is 6.29. The summed E-state index contributed by atoms with van der Waals surface area (Å²) < 4.78 is 0. The molecule has 0 N–H and O–H groups in total. The topological polar surface area (TPSA) is 3.24 Å². The van der Waals surface area contributed by atoms with Gasteiger partial charge < -0.3 is 0 Å². The van der Waals surface area contributed by atoms with Crippen LogP contribution in [-0.4, -0.2) is 18.0 Å².